The van der Waals surface area contributed by atoms with E-state index in [4.69, 9.17) is 20.5 Å². The maximum atomic E-state index is 8.86. The number of pyridine rings is 2. The van der Waals surface area contributed by atoms with E-state index in [0.29, 0.717) is 29.2 Å². The molecule has 4 heterocycles. The van der Waals surface area contributed by atoms with Gasteiger partial charge in [-0.25, -0.2) is 4.98 Å². The summed E-state index contributed by atoms with van der Waals surface area (Å²) in [6, 6.07) is 5.49. The second-order valence-corrected chi connectivity index (χ2v) is 8.13. The summed E-state index contributed by atoms with van der Waals surface area (Å²) < 4.78 is 5.23. The maximum absolute atomic E-state index is 8.86. The van der Waals surface area contributed by atoms with Crippen LogP contribution >= 0.6 is 0 Å². The third-order valence-corrected chi connectivity index (χ3v) is 5.70. The third kappa shape index (κ3) is 4.52. The molecular formula is C26H27N7O. The van der Waals surface area contributed by atoms with Gasteiger partial charge in [0, 0.05) is 48.9 Å². The van der Waals surface area contributed by atoms with Crippen LogP contribution in [0.2, 0.25) is 0 Å². The molecule has 34 heavy (non-hydrogen) atoms. The molecule has 3 aromatic rings. The zero-order valence-corrected chi connectivity index (χ0v) is 19.5. The number of nitrogens with two attached hydrogens (primary N) is 1. The number of hydrogen-bond acceptors (Lipinski definition) is 8. The van der Waals surface area contributed by atoms with E-state index in [1.54, 1.807) is 31.0 Å². The molecule has 0 saturated heterocycles. The monoisotopic (exact) mass is 453 g/mol. The molecule has 0 atom stereocenters. The summed E-state index contributed by atoms with van der Waals surface area (Å²) in [7, 11) is 3.93. The van der Waals surface area contributed by atoms with E-state index < -0.39 is 0 Å². The topological polar surface area (TPSA) is 116 Å². The lowest BCUT2D eigenvalue weighted by molar-refractivity contribution is 0.514. The van der Waals surface area contributed by atoms with Crippen LogP contribution in [-0.2, 0) is 6.42 Å². The van der Waals surface area contributed by atoms with Gasteiger partial charge in [0.05, 0.1) is 41.5 Å². The number of allylic oxidation sites excluding steroid dienone is 5. The predicted octanol–water partition coefficient (Wildman–Crippen LogP) is 4.75. The Kier molecular flexibility index (Phi) is 6.40. The van der Waals surface area contributed by atoms with E-state index in [9.17, 15) is 0 Å². The molecule has 4 rings (SSSR count). The van der Waals surface area contributed by atoms with Crippen LogP contribution in [0.4, 0.5) is 11.4 Å². The molecule has 0 aliphatic carbocycles. The maximum Gasteiger partial charge on any atom is 0.114 e. The summed E-state index contributed by atoms with van der Waals surface area (Å²) >= 11 is 0. The van der Waals surface area contributed by atoms with Gasteiger partial charge in [0.15, 0.2) is 0 Å². The summed E-state index contributed by atoms with van der Waals surface area (Å²) in [5.74, 6) is 0. The first kappa shape index (κ1) is 22.7. The quantitative estimate of drug-likeness (QED) is 0.351. The molecule has 1 aliphatic rings. The van der Waals surface area contributed by atoms with Gasteiger partial charge < -0.3 is 20.4 Å². The Labute approximate surface area is 198 Å². The fraction of sp³-hybridized carbons (Fsp3) is 0.154. The van der Waals surface area contributed by atoms with Crippen molar-refractivity contribution in [3.63, 3.8) is 0 Å². The summed E-state index contributed by atoms with van der Waals surface area (Å²) in [5, 5.41) is 12.2. The zero-order valence-electron chi connectivity index (χ0n) is 19.5. The lowest BCUT2D eigenvalue weighted by atomic mass is 9.96. The van der Waals surface area contributed by atoms with Gasteiger partial charge in [-0.05, 0) is 49.9 Å². The van der Waals surface area contributed by atoms with Crippen molar-refractivity contribution < 1.29 is 4.42 Å². The van der Waals surface area contributed by atoms with Gasteiger partial charge in [-0.2, -0.15) is 0 Å². The Balaban J connectivity index is 1.66. The molecule has 172 valence electrons. The molecule has 0 radical (unpaired) electrons. The van der Waals surface area contributed by atoms with Crippen LogP contribution in [0.3, 0.4) is 0 Å². The number of furan rings is 1. The minimum atomic E-state index is 0.206. The highest BCUT2D eigenvalue weighted by molar-refractivity contribution is 6.14. The van der Waals surface area contributed by atoms with Crippen LogP contribution in [0.1, 0.15) is 23.9 Å². The van der Waals surface area contributed by atoms with E-state index in [1.807, 2.05) is 56.4 Å². The van der Waals surface area contributed by atoms with Crippen molar-refractivity contribution in [3.8, 4) is 11.1 Å². The second-order valence-electron chi connectivity index (χ2n) is 8.13. The smallest absolute Gasteiger partial charge is 0.114 e. The van der Waals surface area contributed by atoms with Crippen molar-refractivity contribution >= 4 is 29.4 Å². The van der Waals surface area contributed by atoms with Crippen molar-refractivity contribution in [3.05, 3.63) is 89.8 Å². The Hall–Kier alpha value is -4.46. The van der Waals surface area contributed by atoms with Crippen LogP contribution in [0.15, 0.2) is 82.3 Å². The standard InChI is InChI=1S/C26H27N7O/c1-16(33(3)4)11-18(12-29-2)22-8-6-21(27)26(32-22)25(28)23-7-5-19-20(17-9-10-34-15-17)13-30-14-24(19)31-23/h6-15,28,31H,2,5,27H2,1,3-4H3/b16-11+,18-12+,28-25?. The number of anilines is 2. The first-order valence-corrected chi connectivity index (χ1v) is 10.7. The van der Waals surface area contributed by atoms with E-state index >= 15 is 0 Å². The summed E-state index contributed by atoms with van der Waals surface area (Å²) in [6.45, 7) is 5.58. The molecule has 0 amide bonds. The third-order valence-electron chi connectivity index (χ3n) is 5.70. The molecule has 0 saturated carbocycles. The number of rotatable bonds is 7. The van der Waals surface area contributed by atoms with Gasteiger partial charge in [0.2, 0.25) is 0 Å². The molecule has 0 spiro atoms. The Morgan fingerprint density at radius 2 is 2.12 bits per heavy atom. The summed E-state index contributed by atoms with van der Waals surface area (Å²) in [5.41, 5.74) is 14.3. The lowest BCUT2D eigenvalue weighted by Gasteiger charge is -2.22. The van der Waals surface area contributed by atoms with Gasteiger partial charge in [-0.15, -0.1) is 0 Å². The average Bonchev–Trinajstić information content (AvgIpc) is 3.37. The summed E-state index contributed by atoms with van der Waals surface area (Å²) in [6.07, 6.45) is 13.2. The zero-order chi connectivity index (χ0) is 24.2. The molecule has 4 N–H and O–H groups in total. The van der Waals surface area contributed by atoms with Gasteiger partial charge in [0.25, 0.3) is 0 Å². The van der Waals surface area contributed by atoms with Crippen molar-refractivity contribution in [2.75, 3.05) is 25.1 Å². The number of hydrogen-bond donors (Lipinski definition) is 3. The van der Waals surface area contributed by atoms with Gasteiger partial charge in [0.1, 0.15) is 11.4 Å². The largest absolute Gasteiger partial charge is 0.472 e. The van der Waals surface area contributed by atoms with E-state index in [0.717, 1.165) is 33.6 Å². The minimum Gasteiger partial charge on any atom is -0.472 e. The molecule has 0 unspecified atom stereocenters. The van der Waals surface area contributed by atoms with Crippen molar-refractivity contribution in [2.45, 2.75) is 13.3 Å². The van der Waals surface area contributed by atoms with Crippen LogP contribution in [-0.4, -0.2) is 41.4 Å². The molecule has 1 aliphatic heterocycles. The van der Waals surface area contributed by atoms with Crippen molar-refractivity contribution in [1.29, 1.82) is 5.41 Å². The molecule has 3 aromatic heterocycles. The van der Waals surface area contributed by atoms with E-state index in [1.165, 1.54) is 0 Å². The van der Waals surface area contributed by atoms with Crippen LogP contribution in [0, 0.1) is 5.41 Å². The lowest BCUT2D eigenvalue weighted by Crippen LogP contribution is -2.19. The predicted molar refractivity (Wildman–Crippen MR) is 138 cm³/mol. The van der Waals surface area contributed by atoms with Gasteiger partial charge in [-0.1, -0.05) is 6.08 Å². The molecule has 8 nitrogen and oxygen atoms in total. The summed E-state index contributed by atoms with van der Waals surface area (Å²) in [4.78, 5) is 15.0. The highest BCUT2D eigenvalue weighted by Gasteiger charge is 2.21. The van der Waals surface area contributed by atoms with E-state index in [-0.39, 0.29) is 5.71 Å². The molecule has 8 heteroatoms. The second kappa shape index (κ2) is 9.58. The average molecular weight is 454 g/mol. The SMILES string of the molecule is C=N/C=C(\C=C(/C)N(C)C)c1ccc(N)c(C(=N)C2=CCc3c(cncc3-c3ccoc3)N2)n1. The Morgan fingerprint density at radius 3 is 2.82 bits per heavy atom. The number of nitrogens with one attached hydrogen (secondary N) is 2. The van der Waals surface area contributed by atoms with Gasteiger partial charge >= 0.3 is 0 Å². The molecule has 0 bridgehead atoms. The van der Waals surface area contributed by atoms with Crippen LogP contribution in [0.5, 0.6) is 0 Å². The fourth-order valence-electron chi connectivity index (χ4n) is 3.63. The number of fused-ring (bicyclic) bond motifs is 1. The number of nitrogens with zero attached hydrogens (tertiary/aromatic N) is 4. The van der Waals surface area contributed by atoms with Gasteiger partial charge in [-0.3, -0.25) is 15.4 Å². The number of aromatic nitrogens is 2. The Morgan fingerprint density at radius 1 is 1.29 bits per heavy atom. The first-order valence-electron chi connectivity index (χ1n) is 10.7. The van der Waals surface area contributed by atoms with Crippen molar-refractivity contribution in [1.82, 2.24) is 14.9 Å². The molecule has 0 fully saturated rings. The van der Waals surface area contributed by atoms with E-state index in [2.05, 4.69) is 22.0 Å². The van der Waals surface area contributed by atoms with Crippen molar-refractivity contribution in [2.24, 2.45) is 4.99 Å². The Bertz CT molecular complexity index is 1330. The highest BCUT2D eigenvalue weighted by atomic mass is 16.3. The fourth-order valence-corrected chi connectivity index (χ4v) is 3.63. The van der Waals surface area contributed by atoms with Crippen LogP contribution < -0.4 is 11.1 Å². The minimum absolute atomic E-state index is 0.206. The molecular weight excluding hydrogens is 426 g/mol. The molecule has 0 aromatic carbocycles. The number of nitrogen functional groups attached to an aromatic ring is 1. The van der Waals surface area contributed by atoms with Crippen LogP contribution in [0.25, 0.3) is 16.7 Å². The first-order chi connectivity index (χ1) is 16.4. The number of aliphatic imine (C=N–C) groups is 1. The highest BCUT2D eigenvalue weighted by Crippen LogP contribution is 2.33. The normalized spacial score (nSPS) is 13.6.